The number of hydrogen-bond donors (Lipinski definition) is 0. The summed E-state index contributed by atoms with van der Waals surface area (Å²) in [6.07, 6.45) is 0. The highest BCUT2D eigenvalue weighted by Crippen LogP contribution is 2.20. The molecule has 1 aromatic rings. The second kappa shape index (κ2) is 2.86. The molecule has 0 amide bonds. The molecule has 11 heavy (non-hydrogen) atoms. The van der Waals surface area contributed by atoms with Crippen LogP contribution in [-0.4, -0.2) is 0 Å². The average Bonchev–Trinajstić information content (AvgIpc) is 1.99. The Morgan fingerprint density at radius 3 is 2.00 bits per heavy atom. The molecule has 0 unspecified atom stereocenters. The molecule has 1 rings (SSSR count). The molecule has 0 saturated carbocycles. The summed E-state index contributed by atoms with van der Waals surface area (Å²) < 4.78 is 24.5. The largest absolute Gasteiger partial charge is 0.294 e. The summed E-state index contributed by atoms with van der Waals surface area (Å²) in [5, 5.41) is 0. The van der Waals surface area contributed by atoms with Crippen LogP contribution in [0, 0.1) is 19.7 Å². The molecule has 0 aliphatic heterocycles. The fourth-order valence-corrected chi connectivity index (χ4v) is 0.951. The molecule has 0 atom stereocenters. The lowest BCUT2D eigenvalue weighted by atomic mass is 10.1. The number of halogens is 2. The van der Waals surface area contributed by atoms with Gasteiger partial charge in [-0.3, -0.25) is 4.94 Å². The smallest absolute Gasteiger partial charge is 0.172 e. The minimum absolute atomic E-state index is 0.0430. The minimum atomic E-state index is -0.314. The molecular formula is C8H8F2O. The van der Waals surface area contributed by atoms with Gasteiger partial charge in [0.25, 0.3) is 0 Å². The Balaban J connectivity index is 3.21. The molecule has 0 radical (unpaired) electrons. The average molecular weight is 158 g/mol. The highest BCUT2D eigenvalue weighted by Gasteiger charge is 2.04. The van der Waals surface area contributed by atoms with Crippen LogP contribution in [0.1, 0.15) is 11.1 Å². The first kappa shape index (κ1) is 7.98. The van der Waals surface area contributed by atoms with E-state index in [0.717, 1.165) is 0 Å². The van der Waals surface area contributed by atoms with E-state index in [0.29, 0.717) is 11.1 Å². The Hall–Kier alpha value is -1.12. The van der Waals surface area contributed by atoms with E-state index in [9.17, 15) is 8.92 Å². The van der Waals surface area contributed by atoms with Crippen LogP contribution in [0.4, 0.5) is 8.92 Å². The summed E-state index contributed by atoms with van der Waals surface area (Å²) in [7, 11) is 0. The number of rotatable bonds is 1. The molecule has 0 aliphatic carbocycles. The molecule has 60 valence electrons. The van der Waals surface area contributed by atoms with E-state index in [-0.39, 0.29) is 11.6 Å². The van der Waals surface area contributed by atoms with Crippen LogP contribution in [0.5, 0.6) is 5.75 Å². The van der Waals surface area contributed by atoms with Crippen LogP contribution >= 0.6 is 0 Å². The Kier molecular flexibility index (Phi) is 2.08. The van der Waals surface area contributed by atoms with E-state index in [4.69, 9.17) is 0 Å². The summed E-state index contributed by atoms with van der Waals surface area (Å²) in [4.78, 5) is 3.46. The predicted molar refractivity (Wildman–Crippen MR) is 37.6 cm³/mol. The third kappa shape index (κ3) is 1.48. The van der Waals surface area contributed by atoms with Gasteiger partial charge in [0.2, 0.25) is 0 Å². The predicted octanol–water partition coefficient (Wildman–Crippen LogP) is 2.71. The van der Waals surface area contributed by atoms with E-state index in [2.05, 4.69) is 4.94 Å². The number of hydrogen-bond acceptors (Lipinski definition) is 1. The third-order valence-corrected chi connectivity index (χ3v) is 1.50. The van der Waals surface area contributed by atoms with E-state index in [1.807, 2.05) is 0 Å². The maximum Gasteiger partial charge on any atom is 0.172 e. The van der Waals surface area contributed by atoms with Gasteiger partial charge in [0, 0.05) is 4.53 Å². The van der Waals surface area contributed by atoms with Gasteiger partial charge < -0.3 is 0 Å². The fraction of sp³-hybridized carbons (Fsp3) is 0.250. The first-order valence-corrected chi connectivity index (χ1v) is 3.20. The molecule has 1 nitrogen and oxygen atoms in total. The van der Waals surface area contributed by atoms with Gasteiger partial charge in [-0.2, -0.15) is 0 Å². The Morgan fingerprint density at radius 1 is 1.18 bits per heavy atom. The van der Waals surface area contributed by atoms with Gasteiger partial charge in [0.15, 0.2) is 5.75 Å². The molecule has 0 fully saturated rings. The van der Waals surface area contributed by atoms with Crippen LogP contribution in [0.15, 0.2) is 12.1 Å². The summed E-state index contributed by atoms with van der Waals surface area (Å²) in [5.74, 6) is -0.271. The fourth-order valence-electron chi connectivity index (χ4n) is 0.951. The lowest BCUT2D eigenvalue weighted by molar-refractivity contribution is -0.00642. The molecule has 0 N–H and O–H groups in total. The van der Waals surface area contributed by atoms with Gasteiger partial charge in [-0.05, 0) is 37.1 Å². The highest BCUT2D eigenvalue weighted by molar-refractivity contribution is 5.34. The molecular weight excluding hydrogens is 150 g/mol. The van der Waals surface area contributed by atoms with Gasteiger partial charge >= 0.3 is 0 Å². The molecule has 0 spiro atoms. The van der Waals surface area contributed by atoms with Crippen LogP contribution < -0.4 is 4.94 Å². The van der Waals surface area contributed by atoms with Crippen LogP contribution in [-0.2, 0) is 0 Å². The quantitative estimate of drug-likeness (QED) is 0.610. The monoisotopic (exact) mass is 158 g/mol. The zero-order valence-corrected chi connectivity index (χ0v) is 6.32. The Morgan fingerprint density at radius 2 is 1.64 bits per heavy atom. The van der Waals surface area contributed by atoms with Crippen LogP contribution in [0.25, 0.3) is 0 Å². The number of benzene rings is 1. The van der Waals surface area contributed by atoms with E-state index < -0.39 is 0 Å². The van der Waals surface area contributed by atoms with Crippen molar-refractivity contribution in [1.82, 2.24) is 0 Å². The molecule has 0 saturated heterocycles. The van der Waals surface area contributed by atoms with E-state index in [1.54, 1.807) is 13.8 Å². The van der Waals surface area contributed by atoms with Crippen molar-refractivity contribution in [3.05, 3.63) is 29.1 Å². The summed E-state index contributed by atoms with van der Waals surface area (Å²) in [6.45, 7) is 3.12. The maximum absolute atomic E-state index is 12.9. The molecule has 0 aromatic heterocycles. The maximum atomic E-state index is 12.9. The minimum Gasteiger partial charge on any atom is -0.294 e. The molecule has 0 heterocycles. The first-order valence-electron chi connectivity index (χ1n) is 3.20. The van der Waals surface area contributed by atoms with Crippen molar-refractivity contribution in [1.29, 1.82) is 0 Å². The number of aryl methyl sites for hydroxylation is 2. The SMILES string of the molecule is Cc1cc(OF)cc(C)c1F. The van der Waals surface area contributed by atoms with Gasteiger partial charge in [-0.15, -0.1) is 0 Å². The van der Waals surface area contributed by atoms with Crippen molar-refractivity contribution in [2.24, 2.45) is 0 Å². The van der Waals surface area contributed by atoms with Gasteiger partial charge in [-0.25, -0.2) is 4.39 Å². The summed E-state index contributed by atoms with van der Waals surface area (Å²) in [5.41, 5.74) is 0.773. The summed E-state index contributed by atoms with van der Waals surface area (Å²) in [6, 6.07) is 2.62. The zero-order valence-electron chi connectivity index (χ0n) is 6.32. The molecule has 0 bridgehead atoms. The second-order valence-corrected chi connectivity index (χ2v) is 2.45. The van der Waals surface area contributed by atoms with Crippen molar-refractivity contribution in [3.8, 4) is 5.75 Å². The van der Waals surface area contributed by atoms with E-state index in [1.165, 1.54) is 12.1 Å². The second-order valence-electron chi connectivity index (χ2n) is 2.45. The lowest BCUT2D eigenvalue weighted by Crippen LogP contribution is -1.88. The Bertz CT molecular complexity index is 248. The highest BCUT2D eigenvalue weighted by atomic mass is 19.3. The van der Waals surface area contributed by atoms with Gasteiger partial charge in [0.05, 0.1) is 0 Å². The van der Waals surface area contributed by atoms with E-state index >= 15 is 0 Å². The lowest BCUT2D eigenvalue weighted by Gasteiger charge is -2.01. The van der Waals surface area contributed by atoms with Gasteiger partial charge in [0.1, 0.15) is 5.82 Å². The normalized spacial score (nSPS) is 9.82. The van der Waals surface area contributed by atoms with Crippen LogP contribution in [0.2, 0.25) is 0 Å². The van der Waals surface area contributed by atoms with Crippen molar-refractivity contribution in [2.75, 3.05) is 0 Å². The first-order chi connectivity index (χ1) is 5.15. The molecule has 0 aliphatic rings. The van der Waals surface area contributed by atoms with Crippen molar-refractivity contribution in [3.63, 3.8) is 0 Å². The standard InChI is InChI=1S/C8H8F2O/c1-5-3-7(11-10)4-6(2)8(5)9/h3-4H,1-2H3. The topological polar surface area (TPSA) is 9.23 Å². The molecule has 1 aromatic carbocycles. The van der Waals surface area contributed by atoms with Crippen molar-refractivity contribution < 1.29 is 13.9 Å². The van der Waals surface area contributed by atoms with Crippen molar-refractivity contribution >= 4 is 0 Å². The third-order valence-electron chi connectivity index (χ3n) is 1.50. The molecule has 3 heteroatoms. The van der Waals surface area contributed by atoms with Gasteiger partial charge in [-0.1, -0.05) is 0 Å². The van der Waals surface area contributed by atoms with Crippen molar-refractivity contribution in [2.45, 2.75) is 13.8 Å². The summed E-state index contributed by atoms with van der Waals surface area (Å²) >= 11 is 0. The zero-order chi connectivity index (χ0) is 8.43. The van der Waals surface area contributed by atoms with Crippen LogP contribution in [0.3, 0.4) is 0 Å². The Labute approximate surface area is 63.5 Å².